The van der Waals surface area contributed by atoms with E-state index in [4.69, 9.17) is 5.11 Å². The maximum absolute atomic E-state index is 11.1. The predicted molar refractivity (Wildman–Crippen MR) is 73.1 cm³/mol. The number of benzene rings is 1. The molecule has 0 aliphatic heterocycles. The van der Waals surface area contributed by atoms with Gasteiger partial charge in [-0.25, -0.2) is 4.79 Å². The molecule has 2 rings (SSSR count). The maximum atomic E-state index is 11.1. The highest BCUT2D eigenvalue weighted by Gasteiger charge is 2.32. The monoisotopic (exact) mass is 263 g/mol. The van der Waals surface area contributed by atoms with Gasteiger partial charge in [-0.05, 0) is 24.5 Å². The standard InChI is InChI=1S/C15H21NO3/c17-11-15(7-3-4-8-15)10-16-9-12-5-1-2-6-13(12)14(18)19/h1-2,5-6,16-17H,3-4,7-11H2,(H,18,19). The zero-order chi connectivity index (χ0) is 13.7. The van der Waals surface area contributed by atoms with Crippen molar-refractivity contribution in [2.45, 2.75) is 32.2 Å². The van der Waals surface area contributed by atoms with Gasteiger partial charge in [-0.1, -0.05) is 31.0 Å². The van der Waals surface area contributed by atoms with Gasteiger partial charge in [0.25, 0.3) is 0 Å². The van der Waals surface area contributed by atoms with Crippen molar-refractivity contribution in [3.05, 3.63) is 35.4 Å². The first-order chi connectivity index (χ1) is 9.17. The molecule has 0 atom stereocenters. The van der Waals surface area contributed by atoms with Gasteiger partial charge in [0, 0.05) is 25.1 Å². The van der Waals surface area contributed by atoms with E-state index in [-0.39, 0.29) is 12.0 Å². The van der Waals surface area contributed by atoms with Gasteiger partial charge in [-0.2, -0.15) is 0 Å². The highest BCUT2D eigenvalue weighted by molar-refractivity contribution is 5.89. The summed E-state index contributed by atoms with van der Waals surface area (Å²) < 4.78 is 0. The van der Waals surface area contributed by atoms with E-state index in [1.165, 1.54) is 12.8 Å². The van der Waals surface area contributed by atoms with Gasteiger partial charge in [0.05, 0.1) is 5.56 Å². The molecular formula is C15H21NO3. The molecule has 1 aliphatic rings. The van der Waals surface area contributed by atoms with Crippen molar-refractivity contribution in [1.82, 2.24) is 5.32 Å². The van der Waals surface area contributed by atoms with Crippen molar-refractivity contribution in [2.75, 3.05) is 13.2 Å². The summed E-state index contributed by atoms with van der Waals surface area (Å²) in [5.74, 6) is -0.893. The van der Waals surface area contributed by atoms with E-state index in [1.54, 1.807) is 12.1 Å². The van der Waals surface area contributed by atoms with Gasteiger partial charge < -0.3 is 15.5 Å². The summed E-state index contributed by atoms with van der Waals surface area (Å²) in [6.45, 7) is 1.49. The zero-order valence-electron chi connectivity index (χ0n) is 11.1. The molecule has 4 heteroatoms. The number of hydrogen-bond acceptors (Lipinski definition) is 3. The van der Waals surface area contributed by atoms with Crippen LogP contribution in [-0.4, -0.2) is 29.3 Å². The third-order valence-corrected chi connectivity index (χ3v) is 4.06. The summed E-state index contributed by atoms with van der Waals surface area (Å²) in [6, 6.07) is 7.04. The van der Waals surface area contributed by atoms with Crippen LogP contribution in [-0.2, 0) is 6.54 Å². The molecule has 1 saturated carbocycles. The van der Waals surface area contributed by atoms with Gasteiger partial charge >= 0.3 is 5.97 Å². The number of nitrogens with one attached hydrogen (secondary N) is 1. The Balaban J connectivity index is 1.94. The number of aromatic carboxylic acids is 1. The van der Waals surface area contributed by atoms with Crippen LogP contribution in [0.15, 0.2) is 24.3 Å². The van der Waals surface area contributed by atoms with Crippen LogP contribution < -0.4 is 5.32 Å². The quantitative estimate of drug-likeness (QED) is 0.734. The molecule has 0 unspecified atom stereocenters. The lowest BCUT2D eigenvalue weighted by Crippen LogP contribution is -2.35. The minimum atomic E-state index is -0.893. The number of hydrogen-bond donors (Lipinski definition) is 3. The van der Waals surface area contributed by atoms with Crippen molar-refractivity contribution >= 4 is 5.97 Å². The molecule has 0 spiro atoms. The molecule has 104 valence electrons. The molecular weight excluding hydrogens is 242 g/mol. The van der Waals surface area contributed by atoms with Crippen LogP contribution in [0.1, 0.15) is 41.6 Å². The third kappa shape index (κ3) is 3.33. The van der Waals surface area contributed by atoms with Crippen molar-refractivity contribution < 1.29 is 15.0 Å². The fourth-order valence-electron chi connectivity index (χ4n) is 2.86. The number of carbonyl (C=O) groups is 1. The van der Waals surface area contributed by atoms with Crippen LogP contribution in [0.25, 0.3) is 0 Å². The van der Waals surface area contributed by atoms with E-state index < -0.39 is 5.97 Å². The Morgan fingerprint density at radius 3 is 2.58 bits per heavy atom. The Kier molecular flexibility index (Phi) is 4.56. The molecule has 1 aliphatic carbocycles. The van der Waals surface area contributed by atoms with Crippen molar-refractivity contribution in [1.29, 1.82) is 0 Å². The Hall–Kier alpha value is -1.39. The molecule has 1 fully saturated rings. The number of aliphatic hydroxyl groups is 1. The van der Waals surface area contributed by atoms with Crippen molar-refractivity contribution in [3.63, 3.8) is 0 Å². The average molecular weight is 263 g/mol. The van der Waals surface area contributed by atoms with Gasteiger partial charge in [0.1, 0.15) is 0 Å². The molecule has 0 aromatic heterocycles. The van der Waals surface area contributed by atoms with Crippen LogP contribution in [0, 0.1) is 5.41 Å². The number of rotatable bonds is 6. The van der Waals surface area contributed by atoms with Gasteiger partial charge in [-0.3, -0.25) is 0 Å². The fraction of sp³-hybridized carbons (Fsp3) is 0.533. The highest BCUT2D eigenvalue weighted by Crippen LogP contribution is 2.36. The van der Waals surface area contributed by atoms with E-state index in [0.29, 0.717) is 12.1 Å². The molecule has 0 bridgehead atoms. The topological polar surface area (TPSA) is 69.6 Å². The lowest BCUT2D eigenvalue weighted by atomic mass is 9.87. The summed E-state index contributed by atoms with van der Waals surface area (Å²) in [5, 5.41) is 21.9. The SMILES string of the molecule is O=C(O)c1ccccc1CNCC1(CO)CCCC1. The second-order valence-electron chi connectivity index (χ2n) is 5.43. The molecule has 19 heavy (non-hydrogen) atoms. The Labute approximate surface area is 113 Å². The summed E-state index contributed by atoms with van der Waals surface area (Å²) in [5.41, 5.74) is 1.14. The minimum Gasteiger partial charge on any atom is -0.478 e. The van der Waals surface area contributed by atoms with Crippen molar-refractivity contribution in [2.24, 2.45) is 5.41 Å². The van der Waals surface area contributed by atoms with Gasteiger partial charge in [0.2, 0.25) is 0 Å². The van der Waals surface area contributed by atoms with E-state index >= 15 is 0 Å². The molecule has 1 aromatic carbocycles. The summed E-state index contributed by atoms with van der Waals surface area (Å²) >= 11 is 0. The zero-order valence-corrected chi connectivity index (χ0v) is 11.1. The van der Waals surface area contributed by atoms with Gasteiger partial charge in [-0.15, -0.1) is 0 Å². The van der Waals surface area contributed by atoms with Crippen molar-refractivity contribution in [3.8, 4) is 0 Å². The molecule has 0 amide bonds. The van der Waals surface area contributed by atoms with Crippen LogP contribution in [0.3, 0.4) is 0 Å². The first-order valence-electron chi connectivity index (χ1n) is 6.80. The smallest absolute Gasteiger partial charge is 0.336 e. The molecule has 0 radical (unpaired) electrons. The average Bonchev–Trinajstić information content (AvgIpc) is 2.88. The molecule has 0 heterocycles. The maximum Gasteiger partial charge on any atom is 0.336 e. The summed E-state index contributed by atoms with van der Waals surface area (Å²) in [4.78, 5) is 11.1. The van der Waals surface area contributed by atoms with Gasteiger partial charge in [0.15, 0.2) is 0 Å². The van der Waals surface area contributed by atoms with Crippen LogP contribution in [0.2, 0.25) is 0 Å². The predicted octanol–water partition coefficient (Wildman–Crippen LogP) is 2.03. The van der Waals surface area contributed by atoms with E-state index in [9.17, 15) is 9.90 Å². The van der Waals surface area contributed by atoms with Crippen LogP contribution >= 0.6 is 0 Å². The van der Waals surface area contributed by atoms with E-state index in [0.717, 1.165) is 24.9 Å². The van der Waals surface area contributed by atoms with E-state index in [1.807, 2.05) is 12.1 Å². The Morgan fingerprint density at radius 2 is 1.95 bits per heavy atom. The number of carboxylic acids is 1. The normalized spacial score (nSPS) is 17.5. The lowest BCUT2D eigenvalue weighted by Gasteiger charge is -2.26. The number of aliphatic hydroxyl groups excluding tert-OH is 1. The molecule has 4 nitrogen and oxygen atoms in total. The van der Waals surface area contributed by atoms with Crippen LogP contribution in [0.4, 0.5) is 0 Å². The molecule has 0 saturated heterocycles. The fourth-order valence-corrected chi connectivity index (χ4v) is 2.86. The number of carboxylic acid groups (broad SMARTS) is 1. The summed E-state index contributed by atoms with van der Waals surface area (Å²) in [6.07, 6.45) is 4.45. The second kappa shape index (κ2) is 6.17. The lowest BCUT2D eigenvalue weighted by molar-refractivity contribution is 0.0695. The third-order valence-electron chi connectivity index (χ3n) is 4.06. The first-order valence-corrected chi connectivity index (χ1v) is 6.80. The first kappa shape index (κ1) is 14.0. The summed E-state index contributed by atoms with van der Waals surface area (Å²) in [7, 11) is 0. The van der Waals surface area contributed by atoms with Crippen LogP contribution in [0.5, 0.6) is 0 Å². The second-order valence-corrected chi connectivity index (χ2v) is 5.43. The largest absolute Gasteiger partial charge is 0.478 e. The molecule has 3 N–H and O–H groups in total. The Bertz CT molecular complexity index is 439. The Morgan fingerprint density at radius 1 is 1.26 bits per heavy atom. The minimum absolute atomic E-state index is 0.00182. The van der Waals surface area contributed by atoms with E-state index in [2.05, 4.69) is 5.32 Å². The highest BCUT2D eigenvalue weighted by atomic mass is 16.4. The molecule has 1 aromatic rings.